The van der Waals surface area contributed by atoms with Gasteiger partial charge in [-0.1, -0.05) is 6.08 Å². The van der Waals surface area contributed by atoms with Crippen LogP contribution in [0.3, 0.4) is 0 Å². The molecule has 0 aromatic carbocycles. The number of rotatable bonds is 0. The van der Waals surface area contributed by atoms with E-state index in [-0.39, 0.29) is 0 Å². The molecule has 1 nitrogen and oxygen atoms in total. The van der Waals surface area contributed by atoms with Gasteiger partial charge in [0.1, 0.15) is 0 Å². The van der Waals surface area contributed by atoms with Crippen LogP contribution < -0.4 is 0 Å². The van der Waals surface area contributed by atoms with Gasteiger partial charge in [0.2, 0.25) is 0 Å². The maximum atomic E-state index is 2.44. The fourth-order valence-corrected chi connectivity index (χ4v) is 2.27. The summed E-state index contributed by atoms with van der Waals surface area (Å²) in [6.07, 6.45) is 5.07. The molecule has 8 heavy (non-hydrogen) atoms. The van der Waals surface area contributed by atoms with Crippen molar-refractivity contribution in [3.05, 3.63) is 11.5 Å². The van der Waals surface area contributed by atoms with Crippen molar-refractivity contribution in [3.8, 4) is 0 Å². The molecule has 0 aromatic rings. The summed E-state index contributed by atoms with van der Waals surface area (Å²) >= 11 is 1.87. The molecule has 1 atom stereocenters. The lowest BCUT2D eigenvalue weighted by molar-refractivity contribution is 0.517. The molecule has 0 radical (unpaired) electrons. The molecule has 0 N–H and O–H groups in total. The van der Waals surface area contributed by atoms with Crippen LogP contribution in [0.1, 0.15) is 12.8 Å². The topological polar surface area (TPSA) is 3.24 Å². The fraction of sp³-hybridized carbons (Fsp3) is 0.667. The maximum absolute atomic E-state index is 2.44. The van der Waals surface area contributed by atoms with Gasteiger partial charge in [0.05, 0.1) is 0 Å². The normalized spacial score (nSPS) is 36.2. The molecule has 44 valence electrons. The molecule has 2 heterocycles. The van der Waals surface area contributed by atoms with Crippen LogP contribution in [0.2, 0.25) is 0 Å². The Hall–Kier alpha value is 0.0500. The van der Waals surface area contributed by atoms with E-state index in [1.165, 1.54) is 19.4 Å². The van der Waals surface area contributed by atoms with Crippen molar-refractivity contribution >= 4 is 11.9 Å². The smallest absolute Gasteiger partial charge is 0.0394 e. The van der Waals surface area contributed by atoms with Crippen molar-refractivity contribution in [2.24, 2.45) is 0 Å². The van der Waals surface area contributed by atoms with E-state index in [1.807, 2.05) is 11.9 Å². The molecule has 2 aliphatic heterocycles. The highest BCUT2D eigenvalue weighted by atomic mass is 32.2. The van der Waals surface area contributed by atoms with Crippen LogP contribution in [-0.2, 0) is 0 Å². The lowest BCUT2D eigenvalue weighted by Crippen LogP contribution is -2.14. The van der Waals surface area contributed by atoms with Crippen LogP contribution in [0.5, 0.6) is 0 Å². The molecule has 0 amide bonds. The molecule has 2 aliphatic rings. The van der Waals surface area contributed by atoms with Crippen molar-refractivity contribution < 1.29 is 0 Å². The van der Waals surface area contributed by atoms with Crippen LogP contribution >= 0.6 is 11.9 Å². The summed E-state index contributed by atoms with van der Waals surface area (Å²) in [7, 11) is 0. The number of hydrogen-bond donors (Lipinski definition) is 0. The molecule has 1 saturated heterocycles. The first kappa shape index (κ1) is 4.89. The minimum absolute atomic E-state index is 0.792. The highest BCUT2D eigenvalue weighted by Gasteiger charge is 2.24. The average molecular weight is 127 g/mol. The predicted molar refractivity (Wildman–Crippen MR) is 36.5 cm³/mol. The summed E-state index contributed by atoms with van der Waals surface area (Å²) in [5.74, 6) is 0. The first-order chi connectivity index (χ1) is 3.97. The van der Waals surface area contributed by atoms with Gasteiger partial charge in [0, 0.05) is 12.6 Å². The Morgan fingerprint density at radius 1 is 1.62 bits per heavy atom. The quantitative estimate of drug-likeness (QED) is 0.455. The summed E-state index contributed by atoms with van der Waals surface area (Å²) in [6, 6.07) is 0.792. The molecule has 2 heteroatoms. The monoisotopic (exact) mass is 127 g/mol. The van der Waals surface area contributed by atoms with Gasteiger partial charge >= 0.3 is 0 Å². The Kier molecular flexibility index (Phi) is 1.09. The number of fused-ring (bicyclic) bond motifs is 1. The van der Waals surface area contributed by atoms with Crippen LogP contribution in [-0.4, -0.2) is 16.9 Å². The first-order valence-electron chi connectivity index (χ1n) is 3.07. The second-order valence-corrected chi connectivity index (χ2v) is 3.24. The largest absolute Gasteiger partial charge is 0.240 e. The molecule has 2 rings (SSSR count). The third kappa shape index (κ3) is 0.599. The third-order valence-electron chi connectivity index (χ3n) is 1.75. The first-order valence-corrected chi connectivity index (χ1v) is 3.90. The van der Waals surface area contributed by atoms with Gasteiger partial charge in [-0.15, -0.1) is 0 Å². The van der Waals surface area contributed by atoms with Crippen LogP contribution in [0.25, 0.3) is 0 Å². The fourth-order valence-electron chi connectivity index (χ4n) is 1.29. The Morgan fingerprint density at radius 2 is 2.62 bits per heavy atom. The van der Waals surface area contributed by atoms with E-state index in [9.17, 15) is 0 Å². The van der Waals surface area contributed by atoms with E-state index < -0.39 is 0 Å². The highest BCUT2D eigenvalue weighted by molar-refractivity contribution is 8.00. The van der Waals surface area contributed by atoms with Gasteiger partial charge in [-0.2, -0.15) is 0 Å². The van der Waals surface area contributed by atoms with Crippen molar-refractivity contribution in [3.63, 3.8) is 0 Å². The molecule has 0 spiro atoms. The minimum atomic E-state index is 0.792. The van der Waals surface area contributed by atoms with Gasteiger partial charge in [-0.05, 0) is 30.2 Å². The van der Waals surface area contributed by atoms with Gasteiger partial charge < -0.3 is 0 Å². The van der Waals surface area contributed by atoms with Gasteiger partial charge in [-0.25, -0.2) is 4.31 Å². The summed E-state index contributed by atoms with van der Waals surface area (Å²) in [4.78, 5) is 0. The van der Waals surface area contributed by atoms with Crippen LogP contribution in [0.4, 0.5) is 0 Å². The maximum Gasteiger partial charge on any atom is 0.0394 e. The van der Waals surface area contributed by atoms with Crippen LogP contribution in [0, 0.1) is 0 Å². The van der Waals surface area contributed by atoms with Gasteiger partial charge in [0.15, 0.2) is 0 Å². The third-order valence-corrected chi connectivity index (χ3v) is 2.75. The Labute approximate surface area is 53.9 Å². The van der Waals surface area contributed by atoms with E-state index in [1.54, 1.807) is 0 Å². The zero-order chi connectivity index (χ0) is 5.40. The van der Waals surface area contributed by atoms with E-state index >= 15 is 0 Å². The lowest BCUT2D eigenvalue weighted by atomic mass is 10.2. The zero-order valence-electron chi connectivity index (χ0n) is 4.71. The summed E-state index contributed by atoms with van der Waals surface area (Å²) in [5.41, 5.74) is 0. The zero-order valence-corrected chi connectivity index (χ0v) is 5.53. The molecule has 1 unspecified atom stereocenters. The van der Waals surface area contributed by atoms with E-state index in [4.69, 9.17) is 0 Å². The van der Waals surface area contributed by atoms with Gasteiger partial charge in [-0.3, -0.25) is 0 Å². The number of nitrogens with zero attached hydrogens (tertiary/aromatic N) is 1. The molecule has 0 aliphatic carbocycles. The highest BCUT2D eigenvalue weighted by Crippen LogP contribution is 2.32. The van der Waals surface area contributed by atoms with Crippen molar-refractivity contribution in [2.75, 3.05) is 6.54 Å². The predicted octanol–water partition coefficient (Wildman–Crippen LogP) is 1.63. The van der Waals surface area contributed by atoms with E-state index in [0.717, 1.165) is 6.04 Å². The lowest BCUT2D eigenvalue weighted by Gasteiger charge is -2.10. The standard InChI is InChI=1S/C6H9NS/c1-2-6-3-5-8-7(6)4-1/h3,5-6H,1-2,4H2. The molecular formula is C6H9NS. The Balaban J connectivity index is 2.13. The molecule has 0 aromatic heterocycles. The summed E-state index contributed by atoms with van der Waals surface area (Å²) < 4.78 is 2.44. The molecule has 1 fully saturated rings. The summed E-state index contributed by atoms with van der Waals surface area (Å²) in [6.45, 7) is 1.29. The average Bonchev–Trinajstić information content (AvgIpc) is 2.15. The molecule has 0 bridgehead atoms. The van der Waals surface area contributed by atoms with E-state index in [0.29, 0.717) is 0 Å². The summed E-state index contributed by atoms with van der Waals surface area (Å²) in [5, 5.41) is 2.20. The molecular weight excluding hydrogens is 118 g/mol. The number of hydrogen-bond acceptors (Lipinski definition) is 2. The van der Waals surface area contributed by atoms with Crippen LogP contribution in [0.15, 0.2) is 11.5 Å². The second kappa shape index (κ2) is 1.78. The Bertz CT molecular complexity index is 122. The van der Waals surface area contributed by atoms with Crippen molar-refractivity contribution in [1.82, 2.24) is 4.31 Å². The van der Waals surface area contributed by atoms with E-state index in [2.05, 4.69) is 15.8 Å². The van der Waals surface area contributed by atoms with Crippen molar-refractivity contribution in [1.29, 1.82) is 0 Å². The van der Waals surface area contributed by atoms with Gasteiger partial charge in [0.25, 0.3) is 0 Å². The van der Waals surface area contributed by atoms with Crippen molar-refractivity contribution in [2.45, 2.75) is 18.9 Å². The Morgan fingerprint density at radius 3 is 3.50 bits per heavy atom. The SMILES string of the molecule is C1=CC2CCCN2S1. The molecule has 0 saturated carbocycles. The minimum Gasteiger partial charge on any atom is -0.240 e. The second-order valence-electron chi connectivity index (χ2n) is 2.28.